The zero-order valence-corrected chi connectivity index (χ0v) is 9.30. The van der Waals surface area contributed by atoms with Crippen molar-refractivity contribution in [3.05, 3.63) is 43.5 Å². The van der Waals surface area contributed by atoms with Gasteiger partial charge in [-0.2, -0.15) is 0 Å². The predicted molar refractivity (Wildman–Crippen MR) is 60.7 cm³/mol. The van der Waals surface area contributed by atoms with E-state index in [9.17, 15) is 9.90 Å². The number of benzene rings is 1. The summed E-state index contributed by atoms with van der Waals surface area (Å²) in [6, 6.07) is 4.26. The molecule has 2 aromatic rings. The van der Waals surface area contributed by atoms with E-state index in [-0.39, 0.29) is 17.0 Å². The SMILES string of the molecule is [N-]=[N+]=Nc1cc2cc(Br)c(O)cc2oc1=O. The fourth-order valence-electron chi connectivity index (χ4n) is 1.24. The van der Waals surface area contributed by atoms with Gasteiger partial charge in [0.15, 0.2) is 0 Å². The molecule has 0 aliphatic heterocycles. The summed E-state index contributed by atoms with van der Waals surface area (Å²) >= 11 is 3.13. The summed E-state index contributed by atoms with van der Waals surface area (Å²) in [6.45, 7) is 0. The fraction of sp³-hybridized carbons (Fsp3) is 0. The van der Waals surface area contributed by atoms with Crippen molar-refractivity contribution in [2.75, 3.05) is 0 Å². The number of hydrogen-bond acceptors (Lipinski definition) is 4. The summed E-state index contributed by atoms with van der Waals surface area (Å²) < 4.78 is 5.34. The number of phenols is 1. The Morgan fingerprint density at radius 2 is 2.19 bits per heavy atom. The molecule has 1 heterocycles. The Labute approximate surface area is 96.9 Å². The Balaban J connectivity index is 2.84. The van der Waals surface area contributed by atoms with E-state index in [4.69, 9.17) is 9.95 Å². The molecule has 0 amide bonds. The third-order valence-electron chi connectivity index (χ3n) is 1.94. The van der Waals surface area contributed by atoms with Gasteiger partial charge in [0.25, 0.3) is 0 Å². The lowest BCUT2D eigenvalue weighted by molar-refractivity contribution is 0.470. The highest BCUT2D eigenvalue weighted by molar-refractivity contribution is 9.10. The van der Waals surface area contributed by atoms with Crippen LogP contribution < -0.4 is 5.63 Å². The molecule has 0 fully saturated rings. The molecule has 0 aliphatic carbocycles. The molecule has 2 rings (SSSR count). The maximum absolute atomic E-state index is 11.3. The van der Waals surface area contributed by atoms with E-state index in [1.807, 2.05) is 0 Å². The van der Waals surface area contributed by atoms with Gasteiger partial charge < -0.3 is 9.52 Å². The molecule has 80 valence electrons. The lowest BCUT2D eigenvalue weighted by Crippen LogP contribution is -1.96. The first-order valence-electron chi connectivity index (χ1n) is 4.13. The predicted octanol–water partition coefficient (Wildman–Crippen LogP) is 3.20. The standard InChI is InChI=1S/C9H4BrN3O3/c10-5-1-4-2-6(12-13-11)9(15)16-8(4)3-7(5)14/h1-3,14H. The van der Waals surface area contributed by atoms with E-state index in [2.05, 4.69) is 26.0 Å². The summed E-state index contributed by atoms with van der Waals surface area (Å²) in [7, 11) is 0. The third-order valence-corrected chi connectivity index (χ3v) is 2.57. The molecule has 0 aliphatic rings. The van der Waals surface area contributed by atoms with Crippen LogP contribution in [0.15, 0.2) is 37.0 Å². The Kier molecular flexibility index (Phi) is 2.55. The molecule has 16 heavy (non-hydrogen) atoms. The van der Waals surface area contributed by atoms with Crippen LogP contribution in [-0.2, 0) is 0 Å². The molecular formula is C9H4BrN3O3. The van der Waals surface area contributed by atoms with Crippen molar-refractivity contribution in [2.45, 2.75) is 0 Å². The average Bonchev–Trinajstić information content (AvgIpc) is 2.23. The molecular weight excluding hydrogens is 278 g/mol. The smallest absolute Gasteiger partial charge is 0.345 e. The van der Waals surface area contributed by atoms with Crippen molar-refractivity contribution in [2.24, 2.45) is 5.11 Å². The number of aromatic hydroxyl groups is 1. The van der Waals surface area contributed by atoms with Crippen LogP contribution in [0.2, 0.25) is 0 Å². The van der Waals surface area contributed by atoms with E-state index in [1.165, 1.54) is 12.1 Å². The zero-order chi connectivity index (χ0) is 11.7. The van der Waals surface area contributed by atoms with Crippen molar-refractivity contribution in [1.29, 1.82) is 0 Å². The number of phenolic OH excluding ortho intramolecular Hbond substituents is 1. The number of nitrogens with zero attached hydrogens (tertiary/aromatic N) is 3. The molecule has 0 atom stereocenters. The second-order valence-electron chi connectivity index (χ2n) is 2.95. The van der Waals surface area contributed by atoms with Gasteiger partial charge in [0.2, 0.25) is 0 Å². The van der Waals surface area contributed by atoms with Crippen LogP contribution in [-0.4, -0.2) is 5.11 Å². The topological polar surface area (TPSA) is 99.2 Å². The third kappa shape index (κ3) is 1.73. The minimum absolute atomic E-state index is 0.0350. The van der Waals surface area contributed by atoms with E-state index in [0.717, 1.165) is 0 Å². The summed E-state index contributed by atoms with van der Waals surface area (Å²) in [4.78, 5) is 13.8. The molecule has 1 aromatic carbocycles. The average molecular weight is 282 g/mol. The van der Waals surface area contributed by atoms with Gasteiger partial charge in [-0.05, 0) is 33.6 Å². The zero-order valence-electron chi connectivity index (χ0n) is 7.72. The normalized spacial score (nSPS) is 10.1. The summed E-state index contributed by atoms with van der Waals surface area (Å²) in [5.74, 6) is -0.0350. The summed E-state index contributed by atoms with van der Waals surface area (Å²) in [5, 5.41) is 13.1. The molecule has 1 N–H and O–H groups in total. The lowest BCUT2D eigenvalue weighted by atomic mass is 10.2. The van der Waals surface area contributed by atoms with Gasteiger partial charge in [0, 0.05) is 16.4 Å². The maximum Gasteiger partial charge on any atom is 0.345 e. The number of halogens is 1. The second kappa shape index (κ2) is 3.88. The monoisotopic (exact) mass is 281 g/mol. The molecule has 7 heteroatoms. The van der Waals surface area contributed by atoms with Crippen molar-refractivity contribution in [1.82, 2.24) is 0 Å². The van der Waals surface area contributed by atoms with Crippen molar-refractivity contribution in [3.8, 4) is 5.75 Å². The van der Waals surface area contributed by atoms with Crippen LogP contribution in [0.1, 0.15) is 0 Å². The highest BCUT2D eigenvalue weighted by Gasteiger charge is 2.06. The largest absolute Gasteiger partial charge is 0.507 e. The van der Waals surface area contributed by atoms with Gasteiger partial charge in [-0.3, -0.25) is 0 Å². The fourth-order valence-corrected chi connectivity index (χ4v) is 1.60. The van der Waals surface area contributed by atoms with Crippen LogP contribution in [0.5, 0.6) is 5.75 Å². The Hall–Kier alpha value is -1.98. The summed E-state index contributed by atoms with van der Waals surface area (Å²) in [5.41, 5.74) is 7.61. The molecule has 0 saturated carbocycles. The number of hydrogen-bond donors (Lipinski definition) is 1. The van der Waals surface area contributed by atoms with Crippen molar-refractivity contribution >= 4 is 32.6 Å². The first-order valence-corrected chi connectivity index (χ1v) is 4.92. The highest BCUT2D eigenvalue weighted by Crippen LogP contribution is 2.29. The van der Waals surface area contributed by atoms with Crippen LogP contribution in [0.25, 0.3) is 21.4 Å². The first kappa shape index (κ1) is 10.5. The Bertz CT molecular complexity index is 673. The van der Waals surface area contributed by atoms with E-state index >= 15 is 0 Å². The van der Waals surface area contributed by atoms with Crippen LogP contribution in [0.4, 0.5) is 5.69 Å². The van der Waals surface area contributed by atoms with Crippen molar-refractivity contribution < 1.29 is 9.52 Å². The molecule has 0 radical (unpaired) electrons. The minimum atomic E-state index is -0.743. The molecule has 0 spiro atoms. The van der Waals surface area contributed by atoms with Crippen LogP contribution in [0, 0.1) is 0 Å². The van der Waals surface area contributed by atoms with Gasteiger partial charge >= 0.3 is 5.63 Å². The quantitative estimate of drug-likeness (QED) is 0.376. The second-order valence-corrected chi connectivity index (χ2v) is 3.80. The van der Waals surface area contributed by atoms with Crippen LogP contribution >= 0.6 is 15.9 Å². The van der Waals surface area contributed by atoms with Gasteiger partial charge in [-0.15, -0.1) is 0 Å². The van der Waals surface area contributed by atoms with E-state index in [0.29, 0.717) is 9.86 Å². The minimum Gasteiger partial charge on any atom is -0.507 e. The number of rotatable bonds is 1. The van der Waals surface area contributed by atoms with Crippen LogP contribution in [0.3, 0.4) is 0 Å². The molecule has 0 saturated heterocycles. The molecule has 6 nitrogen and oxygen atoms in total. The van der Waals surface area contributed by atoms with Crippen molar-refractivity contribution in [3.63, 3.8) is 0 Å². The first-order chi connectivity index (χ1) is 7.61. The van der Waals surface area contributed by atoms with E-state index in [1.54, 1.807) is 6.07 Å². The summed E-state index contributed by atoms with van der Waals surface area (Å²) in [6.07, 6.45) is 0. The Morgan fingerprint density at radius 1 is 1.44 bits per heavy atom. The molecule has 0 unspecified atom stereocenters. The lowest BCUT2D eigenvalue weighted by Gasteiger charge is -2.00. The van der Waals surface area contributed by atoms with Gasteiger partial charge in [-0.1, -0.05) is 5.11 Å². The maximum atomic E-state index is 11.3. The van der Waals surface area contributed by atoms with Gasteiger partial charge in [0.1, 0.15) is 17.0 Å². The highest BCUT2D eigenvalue weighted by atomic mass is 79.9. The van der Waals surface area contributed by atoms with E-state index < -0.39 is 5.63 Å². The van der Waals surface area contributed by atoms with Gasteiger partial charge in [0.05, 0.1) is 4.47 Å². The number of azide groups is 1. The molecule has 1 aromatic heterocycles. The molecule has 0 bridgehead atoms. The van der Waals surface area contributed by atoms with Gasteiger partial charge in [-0.25, -0.2) is 4.79 Å². The number of fused-ring (bicyclic) bond motifs is 1. The Morgan fingerprint density at radius 3 is 2.88 bits per heavy atom.